The van der Waals surface area contributed by atoms with Crippen LogP contribution in [0.4, 0.5) is 18.9 Å². The lowest BCUT2D eigenvalue weighted by molar-refractivity contribution is -0.137. The van der Waals surface area contributed by atoms with Crippen LogP contribution in [0.1, 0.15) is 24.1 Å². The Morgan fingerprint density at radius 2 is 2.11 bits per heavy atom. The number of carbonyl (C=O) groups is 1. The Morgan fingerprint density at radius 3 is 2.71 bits per heavy atom. The summed E-state index contributed by atoms with van der Waals surface area (Å²) >= 11 is 1.08. The minimum absolute atomic E-state index is 0.0193. The van der Waals surface area contributed by atoms with E-state index in [9.17, 15) is 22.8 Å². The minimum atomic E-state index is -4.54. The maximum absolute atomic E-state index is 13.0. The van der Waals surface area contributed by atoms with E-state index >= 15 is 0 Å². The zero-order valence-corrected chi connectivity index (χ0v) is 15.5. The van der Waals surface area contributed by atoms with Crippen LogP contribution < -0.4 is 10.2 Å². The van der Waals surface area contributed by atoms with Crippen molar-refractivity contribution in [3.8, 4) is 5.69 Å². The maximum atomic E-state index is 13.0. The third-order valence-electron chi connectivity index (χ3n) is 4.03. The Balaban J connectivity index is 1.74. The van der Waals surface area contributed by atoms with Gasteiger partial charge in [0.2, 0.25) is 5.91 Å². The molecule has 0 aliphatic carbocycles. The van der Waals surface area contributed by atoms with Crippen molar-refractivity contribution < 1.29 is 18.0 Å². The highest BCUT2D eigenvalue weighted by Crippen LogP contribution is 2.33. The number of rotatable bonds is 6. The zero-order valence-electron chi connectivity index (χ0n) is 14.7. The van der Waals surface area contributed by atoms with E-state index in [1.807, 2.05) is 0 Å². The van der Waals surface area contributed by atoms with Crippen LogP contribution in [0, 0.1) is 6.92 Å². The van der Waals surface area contributed by atoms with Crippen molar-refractivity contribution in [2.24, 2.45) is 0 Å². The number of alkyl halides is 3. The number of aromatic nitrogens is 4. The highest BCUT2D eigenvalue weighted by atomic mass is 32.1. The third kappa shape index (κ3) is 4.47. The molecule has 148 valence electrons. The van der Waals surface area contributed by atoms with E-state index in [1.165, 1.54) is 23.4 Å². The van der Waals surface area contributed by atoms with Crippen LogP contribution in [0.3, 0.4) is 0 Å². The number of hydrogen-bond donors (Lipinski definition) is 1. The fraction of sp³-hybridized carbons (Fsp3) is 0.294. The molecular weight excluding hydrogens is 395 g/mol. The van der Waals surface area contributed by atoms with E-state index in [0.717, 1.165) is 29.2 Å². The molecule has 3 rings (SSSR count). The summed E-state index contributed by atoms with van der Waals surface area (Å²) in [7, 11) is 0. The number of anilines is 1. The summed E-state index contributed by atoms with van der Waals surface area (Å²) in [5.41, 5.74) is 0.173. The number of halogens is 3. The first kappa shape index (κ1) is 19.8. The molecular formula is C17H16F3N5O2S. The topological polar surface area (TPSA) is 81.8 Å². The molecule has 0 unspecified atom stereocenters. The molecule has 0 saturated carbocycles. The average Bonchev–Trinajstić information content (AvgIpc) is 3.26. The molecule has 0 aliphatic heterocycles. The highest BCUT2D eigenvalue weighted by Gasteiger charge is 2.31. The Morgan fingerprint density at radius 1 is 1.32 bits per heavy atom. The molecule has 0 radical (unpaired) electrons. The van der Waals surface area contributed by atoms with Gasteiger partial charge in [-0.2, -0.15) is 18.3 Å². The van der Waals surface area contributed by atoms with Crippen molar-refractivity contribution in [1.29, 1.82) is 0 Å². The number of benzene rings is 1. The molecule has 28 heavy (non-hydrogen) atoms. The van der Waals surface area contributed by atoms with Gasteiger partial charge in [-0.05, 0) is 31.5 Å². The molecule has 0 aliphatic rings. The summed E-state index contributed by atoms with van der Waals surface area (Å²) in [6, 6.07) is 3.00. The Bertz CT molecular complexity index is 1020. The summed E-state index contributed by atoms with van der Waals surface area (Å²) in [5, 5.41) is 8.14. The number of nitrogens with zero attached hydrogens (tertiary/aromatic N) is 4. The molecule has 1 amide bonds. The van der Waals surface area contributed by atoms with Gasteiger partial charge in [0.15, 0.2) is 0 Å². The van der Waals surface area contributed by atoms with Gasteiger partial charge in [0, 0.05) is 24.0 Å². The van der Waals surface area contributed by atoms with Crippen LogP contribution in [0.15, 0.2) is 41.0 Å². The first-order valence-corrected chi connectivity index (χ1v) is 9.14. The van der Waals surface area contributed by atoms with Gasteiger partial charge in [0.05, 0.1) is 16.9 Å². The van der Waals surface area contributed by atoms with Gasteiger partial charge in [-0.3, -0.25) is 9.59 Å². The first-order chi connectivity index (χ1) is 13.3. The molecule has 0 atom stereocenters. The quantitative estimate of drug-likeness (QED) is 0.675. The molecule has 2 aromatic heterocycles. The number of aryl methyl sites for hydroxylation is 1. The minimum Gasteiger partial charge on any atom is -0.324 e. The van der Waals surface area contributed by atoms with Crippen molar-refractivity contribution in [1.82, 2.24) is 19.3 Å². The standard InChI is InChI=1S/C17H16F3N5O2S/c1-11-8-28-16(27)24(11)6-2-3-15(26)23-13-7-12(17(18,19)20)4-5-14(13)25-10-21-9-22-25/h4-5,7-10H,2-3,6H2,1H3,(H,23,26). The summed E-state index contributed by atoms with van der Waals surface area (Å²) in [6.45, 7) is 2.16. The van der Waals surface area contributed by atoms with Gasteiger partial charge in [-0.15, -0.1) is 0 Å². The van der Waals surface area contributed by atoms with Crippen molar-refractivity contribution in [2.45, 2.75) is 32.5 Å². The van der Waals surface area contributed by atoms with Crippen LogP contribution >= 0.6 is 11.3 Å². The molecule has 7 nitrogen and oxygen atoms in total. The summed E-state index contributed by atoms with van der Waals surface area (Å²) in [4.78, 5) is 27.6. The second kappa shape index (κ2) is 7.97. The molecule has 3 aromatic rings. The molecule has 1 N–H and O–H groups in total. The van der Waals surface area contributed by atoms with E-state index in [-0.39, 0.29) is 22.7 Å². The number of carbonyl (C=O) groups excluding carboxylic acids is 1. The van der Waals surface area contributed by atoms with E-state index < -0.39 is 17.6 Å². The third-order valence-corrected chi connectivity index (χ3v) is 4.91. The van der Waals surface area contributed by atoms with Gasteiger partial charge >= 0.3 is 11.0 Å². The van der Waals surface area contributed by atoms with Crippen LogP contribution in [-0.4, -0.2) is 25.2 Å². The van der Waals surface area contributed by atoms with Crippen LogP contribution in [0.2, 0.25) is 0 Å². The zero-order chi connectivity index (χ0) is 20.3. The summed E-state index contributed by atoms with van der Waals surface area (Å²) in [5.74, 6) is -0.457. The maximum Gasteiger partial charge on any atom is 0.416 e. The van der Waals surface area contributed by atoms with Gasteiger partial charge < -0.3 is 9.88 Å². The van der Waals surface area contributed by atoms with Gasteiger partial charge in [-0.25, -0.2) is 9.67 Å². The summed E-state index contributed by atoms with van der Waals surface area (Å²) in [6.07, 6.45) is -1.55. The molecule has 11 heteroatoms. The molecule has 0 saturated heterocycles. The van der Waals surface area contributed by atoms with Crippen molar-refractivity contribution in [3.05, 3.63) is 57.2 Å². The average molecular weight is 411 g/mol. The monoisotopic (exact) mass is 411 g/mol. The molecule has 0 bridgehead atoms. The van der Waals surface area contributed by atoms with Crippen molar-refractivity contribution in [2.75, 3.05) is 5.32 Å². The molecule has 0 fully saturated rings. The highest BCUT2D eigenvalue weighted by molar-refractivity contribution is 7.07. The van der Waals surface area contributed by atoms with Gasteiger partial charge in [0.25, 0.3) is 0 Å². The molecule has 0 spiro atoms. The van der Waals surface area contributed by atoms with E-state index in [1.54, 1.807) is 16.9 Å². The SMILES string of the molecule is Cc1csc(=O)n1CCCC(=O)Nc1cc(C(F)(F)F)ccc1-n1cncn1. The summed E-state index contributed by atoms with van der Waals surface area (Å²) < 4.78 is 41.9. The Kier molecular flexibility index (Phi) is 5.63. The number of nitrogens with one attached hydrogen (secondary N) is 1. The Hall–Kier alpha value is -2.95. The predicted molar refractivity (Wildman–Crippen MR) is 97.5 cm³/mol. The normalized spacial score (nSPS) is 11.6. The fourth-order valence-electron chi connectivity index (χ4n) is 2.63. The number of amides is 1. The lowest BCUT2D eigenvalue weighted by atomic mass is 10.1. The van der Waals surface area contributed by atoms with Gasteiger partial charge in [-0.1, -0.05) is 11.3 Å². The second-order valence-corrected chi connectivity index (χ2v) is 6.84. The van der Waals surface area contributed by atoms with Crippen molar-refractivity contribution in [3.63, 3.8) is 0 Å². The second-order valence-electron chi connectivity index (χ2n) is 6.02. The Labute approximate surface area is 161 Å². The first-order valence-electron chi connectivity index (χ1n) is 8.27. The smallest absolute Gasteiger partial charge is 0.324 e. The largest absolute Gasteiger partial charge is 0.416 e. The van der Waals surface area contributed by atoms with Crippen LogP contribution in [0.25, 0.3) is 5.69 Å². The van der Waals surface area contributed by atoms with Gasteiger partial charge in [0.1, 0.15) is 12.7 Å². The van der Waals surface area contributed by atoms with E-state index in [0.29, 0.717) is 13.0 Å². The number of hydrogen-bond acceptors (Lipinski definition) is 5. The predicted octanol–water partition coefficient (Wildman–Crippen LogP) is 3.24. The molecule has 2 heterocycles. The van der Waals surface area contributed by atoms with Crippen molar-refractivity contribution >= 4 is 22.9 Å². The van der Waals surface area contributed by atoms with E-state index in [4.69, 9.17) is 0 Å². The lowest BCUT2D eigenvalue weighted by Crippen LogP contribution is -2.18. The van der Waals surface area contributed by atoms with Crippen LogP contribution in [0.5, 0.6) is 0 Å². The fourth-order valence-corrected chi connectivity index (χ4v) is 3.39. The number of thiazole rings is 1. The van der Waals surface area contributed by atoms with E-state index in [2.05, 4.69) is 15.4 Å². The van der Waals surface area contributed by atoms with Crippen LogP contribution in [-0.2, 0) is 17.5 Å². The molecule has 1 aromatic carbocycles. The lowest BCUT2D eigenvalue weighted by Gasteiger charge is -2.14.